The summed E-state index contributed by atoms with van der Waals surface area (Å²) < 4.78 is 43.0. The summed E-state index contributed by atoms with van der Waals surface area (Å²) in [6, 6.07) is 1.83. The molecule has 0 fully saturated rings. The fourth-order valence-corrected chi connectivity index (χ4v) is 2.85. The molecule has 0 radical (unpaired) electrons. The van der Waals surface area contributed by atoms with Crippen molar-refractivity contribution in [3.05, 3.63) is 28.5 Å². The Morgan fingerprint density at radius 3 is 2.82 bits per heavy atom. The molecule has 3 heterocycles. The SMILES string of the molecule is Nn1c(SCc2nc(-c3ccsc3)no2)nnc1C(F)(F)F. The summed E-state index contributed by atoms with van der Waals surface area (Å²) in [6.45, 7) is 0. The second kappa shape index (κ2) is 5.61. The first-order valence-corrected chi connectivity index (χ1v) is 7.63. The molecule has 2 N–H and O–H groups in total. The predicted molar refractivity (Wildman–Crippen MR) is 72.3 cm³/mol. The highest BCUT2D eigenvalue weighted by molar-refractivity contribution is 7.98. The van der Waals surface area contributed by atoms with Crippen molar-refractivity contribution < 1.29 is 17.7 Å². The highest BCUT2D eigenvalue weighted by Crippen LogP contribution is 2.30. The lowest BCUT2D eigenvalue weighted by Crippen LogP contribution is -2.21. The van der Waals surface area contributed by atoms with E-state index >= 15 is 0 Å². The summed E-state index contributed by atoms with van der Waals surface area (Å²) >= 11 is 2.41. The molecule has 22 heavy (non-hydrogen) atoms. The summed E-state index contributed by atoms with van der Waals surface area (Å²) in [7, 11) is 0. The molecule has 0 aliphatic heterocycles. The van der Waals surface area contributed by atoms with Crippen LogP contribution in [0.25, 0.3) is 11.4 Å². The average molecular weight is 348 g/mol. The largest absolute Gasteiger partial charge is 0.453 e. The van der Waals surface area contributed by atoms with E-state index in [1.165, 1.54) is 11.3 Å². The van der Waals surface area contributed by atoms with Crippen LogP contribution in [-0.2, 0) is 11.9 Å². The van der Waals surface area contributed by atoms with E-state index in [4.69, 9.17) is 10.4 Å². The first-order valence-electron chi connectivity index (χ1n) is 5.71. The number of aromatic nitrogens is 5. The van der Waals surface area contributed by atoms with E-state index in [9.17, 15) is 13.2 Å². The Balaban J connectivity index is 1.70. The van der Waals surface area contributed by atoms with Gasteiger partial charge in [0.05, 0.1) is 5.75 Å². The van der Waals surface area contributed by atoms with Gasteiger partial charge >= 0.3 is 6.18 Å². The summed E-state index contributed by atoms with van der Waals surface area (Å²) in [5.74, 6) is 4.86. The maximum absolute atomic E-state index is 12.5. The van der Waals surface area contributed by atoms with E-state index in [0.29, 0.717) is 10.5 Å². The van der Waals surface area contributed by atoms with Crippen LogP contribution in [0.1, 0.15) is 11.7 Å². The van der Waals surface area contributed by atoms with Gasteiger partial charge < -0.3 is 10.4 Å². The molecule has 0 atom stereocenters. The van der Waals surface area contributed by atoms with E-state index in [1.807, 2.05) is 16.8 Å². The third-order valence-electron chi connectivity index (χ3n) is 2.49. The van der Waals surface area contributed by atoms with E-state index in [1.54, 1.807) is 0 Å². The maximum atomic E-state index is 12.5. The highest BCUT2D eigenvalue weighted by Gasteiger charge is 2.38. The van der Waals surface area contributed by atoms with Crippen molar-refractivity contribution in [3.63, 3.8) is 0 Å². The van der Waals surface area contributed by atoms with Crippen LogP contribution >= 0.6 is 23.1 Å². The van der Waals surface area contributed by atoms with Gasteiger partial charge in [0, 0.05) is 10.9 Å². The predicted octanol–water partition coefficient (Wildman–Crippen LogP) is 2.41. The van der Waals surface area contributed by atoms with Crippen LogP contribution < -0.4 is 5.84 Å². The normalized spacial score (nSPS) is 12.0. The molecule has 0 saturated heterocycles. The fraction of sp³-hybridized carbons (Fsp3) is 0.200. The zero-order valence-corrected chi connectivity index (χ0v) is 12.2. The number of alkyl halides is 3. The van der Waals surface area contributed by atoms with E-state index in [2.05, 4.69) is 20.3 Å². The van der Waals surface area contributed by atoms with Crippen molar-refractivity contribution >= 4 is 23.1 Å². The second-order valence-electron chi connectivity index (χ2n) is 3.99. The summed E-state index contributed by atoms with van der Waals surface area (Å²) in [5.41, 5.74) is 0.811. The van der Waals surface area contributed by atoms with Gasteiger partial charge in [0.25, 0.3) is 5.82 Å². The minimum atomic E-state index is -4.66. The molecule has 0 saturated carbocycles. The van der Waals surface area contributed by atoms with Gasteiger partial charge in [0.1, 0.15) is 0 Å². The van der Waals surface area contributed by atoms with E-state index in [0.717, 1.165) is 17.3 Å². The standard InChI is InChI=1S/C10H7F3N6OS2/c11-10(12,13)8-16-17-9(19(8)14)22-4-6-15-7(18-20-6)5-1-2-21-3-5/h1-3H,4,14H2. The van der Waals surface area contributed by atoms with Crippen molar-refractivity contribution in [2.24, 2.45) is 0 Å². The van der Waals surface area contributed by atoms with Gasteiger partial charge in [-0.1, -0.05) is 16.9 Å². The Morgan fingerprint density at radius 1 is 1.36 bits per heavy atom. The molecule has 0 spiro atoms. The highest BCUT2D eigenvalue weighted by atomic mass is 32.2. The number of nitrogens with two attached hydrogens (primary N) is 1. The maximum Gasteiger partial charge on any atom is 0.453 e. The minimum absolute atomic E-state index is 0.0948. The van der Waals surface area contributed by atoms with Gasteiger partial charge in [-0.3, -0.25) is 0 Å². The van der Waals surface area contributed by atoms with Gasteiger partial charge in [0.2, 0.25) is 16.9 Å². The number of nitrogen functional groups attached to an aromatic ring is 1. The molecule has 0 aromatic carbocycles. The zero-order chi connectivity index (χ0) is 15.7. The number of thiophene rings is 1. The smallest absolute Gasteiger partial charge is 0.338 e. The number of halogens is 3. The minimum Gasteiger partial charge on any atom is -0.338 e. The van der Waals surface area contributed by atoms with Gasteiger partial charge in [0.15, 0.2) is 0 Å². The number of hydrogen-bond donors (Lipinski definition) is 1. The molecule has 12 heteroatoms. The van der Waals surface area contributed by atoms with Crippen LogP contribution in [0, 0.1) is 0 Å². The van der Waals surface area contributed by atoms with Crippen LogP contribution in [0.3, 0.4) is 0 Å². The van der Waals surface area contributed by atoms with Crippen molar-refractivity contribution in [2.45, 2.75) is 17.1 Å². The zero-order valence-electron chi connectivity index (χ0n) is 10.6. The van der Waals surface area contributed by atoms with Crippen molar-refractivity contribution in [3.8, 4) is 11.4 Å². The summed E-state index contributed by atoms with van der Waals surface area (Å²) in [4.78, 5) is 4.14. The first-order chi connectivity index (χ1) is 10.4. The number of rotatable bonds is 4. The summed E-state index contributed by atoms with van der Waals surface area (Å²) in [6.07, 6.45) is -4.66. The average Bonchev–Trinajstić information content (AvgIpc) is 3.16. The van der Waals surface area contributed by atoms with Crippen LogP contribution in [0.5, 0.6) is 0 Å². The molecule has 116 valence electrons. The molecule has 0 aliphatic rings. The van der Waals surface area contributed by atoms with Crippen molar-refractivity contribution in [1.82, 2.24) is 25.0 Å². The lowest BCUT2D eigenvalue weighted by molar-refractivity contribution is -0.146. The Labute approximate surface area is 129 Å². The number of nitrogens with zero attached hydrogens (tertiary/aromatic N) is 5. The van der Waals surface area contributed by atoms with Crippen LogP contribution in [0.4, 0.5) is 13.2 Å². The summed E-state index contributed by atoms with van der Waals surface area (Å²) in [5, 5.41) is 13.8. The molecule has 0 amide bonds. The van der Waals surface area contributed by atoms with Crippen molar-refractivity contribution in [1.29, 1.82) is 0 Å². The molecule has 0 bridgehead atoms. The lowest BCUT2D eigenvalue weighted by Gasteiger charge is -2.05. The van der Waals surface area contributed by atoms with Gasteiger partial charge in [-0.15, -0.1) is 10.2 Å². The monoisotopic (exact) mass is 348 g/mol. The molecule has 0 unspecified atom stereocenters. The Hall–Kier alpha value is -2.08. The number of thioether (sulfide) groups is 1. The van der Waals surface area contributed by atoms with Crippen LogP contribution in [0.2, 0.25) is 0 Å². The van der Waals surface area contributed by atoms with Gasteiger partial charge in [-0.25, -0.2) is 4.68 Å². The lowest BCUT2D eigenvalue weighted by atomic mass is 10.3. The van der Waals surface area contributed by atoms with E-state index in [-0.39, 0.29) is 16.8 Å². The molecule has 0 aliphatic carbocycles. The Kier molecular flexibility index (Phi) is 3.78. The topological polar surface area (TPSA) is 95.7 Å². The van der Waals surface area contributed by atoms with Gasteiger partial charge in [-0.05, 0) is 11.4 Å². The number of hydrogen-bond acceptors (Lipinski definition) is 8. The molecular formula is C10H7F3N6OS2. The van der Waals surface area contributed by atoms with Crippen LogP contribution in [-0.4, -0.2) is 25.0 Å². The molecule has 7 nitrogen and oxygen atoms in total. The van der Waals surface area contributed by atoms with Crippen molar-refractivity contribution in [2.75, 3.05) is 5.84 Å². The quantitative estimate of drug-likeness (QED) is 0.571. The van der Waals surface area contributed by atoms with E-state index < -0.39 is 12.0 Å². The third-order valence-corrected chi connectivity index (χ3v) is 4.10. The van der Waals surface area contributed by atoms with Crippen LogP contribution in [0.15, 0.2) is 26.5 Å². The molecule has 3 aromatic heterocycles. The third kappa shape index (κ3) is 2.92. The molecule has 3 aromatic rings. The fourth-order valence-electron chi connectivity index (χ4n) is 1.52. The first kappa shape index (κ1) is 14.8. The molecule has 3 rings (SSSR count). The Bertz CT molecular complexity index is 766. The second-order valence-corrected chi connectivity index (χ2v) is 5.71. The van der Waals surface area contributed by atoms with Gasteiger partial charge in [-0.2, -0.15) is 29.5 Å². The molecular weight excluding hydrogens is 341 g/mol. The Morgan fingerprint density at radius 2 is 2.18 bits per heavy atom.